The first kappa shape index (κ1) is 18.4. The molecule has 0 bridgehead atoms. The quantitative estimate of drug-likeness (QED) is 0.830. The zero-order chi connectivity index (χ0) is 17.7. The fourth-order valence-corrected chi connectivity index (χ4v) is 3.19. The smallest absolute Gasteiger partial charge is 0.305 e. The number of hydrogen-bond donors (Lipinski definition) is 1. The molecule has 1 fully saturated rings. The molecule has 1 aromatic rings. The summed E-state index contributed by atoms with van der Waals surface area (Å²) < 4.78 is 19.0. The van der Waals surface area contributed by atoms with E-state index in [0.717, 1.165) is 0 Å². The number of amides is 1. The van der Waals surface area contributed by atoms with E-state index >= 15 is 0 Å². The molecule has 24 heavy (non-hydrogen) atoms. The van der Waals surface area contributed by atoms with E-state index in [-0.39, 0.29) is 36.2 Å². The van der Waals surface area contributed by atoms with E-state index in [0.29, 0.717) is 31.4 Å². The van der Waals surface area contributed by atoms with Crippen molar-refractivity contribution in [3.8, 4) is 0 Å². The van der Waals surface area contributed by atoms with E-state index in [1.165, 1.54) is 6.07 Å². The minimum Gasteiger partial charge on any atom is -0.481 e. The number of rotatable bonds is 7. The van der Waals surface area contributed by atoms with Crippen LogP contribution in [0.4, 0.5) is 4.39 Å². The molecule has 3 atom stereocenters. The molecule has 1 amide bonds. The highest BCUT2D eigenvalue weighted by Gasteiger charge is 2.37. The summed E-state index contributed by atoms with van der Waals surface area (Å²) in [6.45, 7) is 2.22. The number of aryl methyl sites for hydroxylation is 1. The molecule has 0 spiro atoms. The fraction of sp³-hybridized carbons (Fsp3) is 0.556. The number of likely N-dealkylation sites (tertiary alicyclic amines) is 1. The van der Waals surface area contributed by atoms with Crippen molar-refractivity contribution < 1.29 is 23.8 Å². The average molecular weight is 337 g/mol. The van der Waals surface area contributed by atoms with Gasteiger partial charge in [0, 0.05) is 25.6 Å². The fourth-order valence-electron chi connectivity index (χ4n) is 3.19. The zero-order valence-corrected chi connectivity index (χ0v) is 14.1. The van der Waals surface area contributed by atoms with E-state index in [4.69, 9.17) is 9.84 Å². The van der Waals surface area contributed by atoms with Crippen LogP contribution in [0.3, 0.4) is 0 Å². The Morgan fingerprint density at radius 2 is 2.12 bits per heavy atom. The first-order chi connectivity index (χ1) is 11.4. The Balaban J connectivity index is 1.97. The number of carboxylic acid groups (broad SMARTS) is 1. The summed E-state index contributed by atoms with van der Waals surface area (Å²) in [7, 11) is 1.57. The van der Waals surface area contributed by atoms with E-state index < -0.39 is 5.97 Å². The molecule has 1 aliphatic rings. The molecule has 5 nitrogen and oxygen atoms in total. The first-order valence-electron chi connectivity index (χ1n) is 8.20. The second-order valence-corrected chi connectivity index (χ2v) is 6.37. The van der Waals surface area contributed by atoms with Crippen LogP contribution in [-0.2, 0) is 20.7 Å². The highest BCUT2D eigenvalue weighted by molar-refractivity contribution is 5.80. The van der Waals surface area contributed by atoms with Gasteiger partial charge in [-0.15, -0.1) is 0 Å². The van der Waals surface area contributed by atoms with Gasteiger partial charge in [0.15, 0.2) is 0 Å². The number of benzene rings is 1. The van der Waals surface area contributed by atoms with Gasteiger partial charge >= 0.3 is 5.97 Å². The van der Waals surface area contributed by atoms with Gasteiger partial charge in [-0.05, 0) is 30.9 Å². The largest absolute Gasteiger partial charge is 0.481 e. The number of ether oxygens (including phenoxy) is 1. The zero-order valence-electron chi connectivity index (χ0n) is 14.1. The molecule has 2 rings (SSSR count). The summed E-state index contributed by atoms with van der Waals surface area (Å²) in [5.74, 6) is -1.57. The minimum absolute atomic E-state index is 0.0777. The van der Waals surface area contributed by atoms with Crippen LogP contribution in [0.25, 0.3) is 0 Å². The van der Waals surface area contributed by atoms with Gasteiger partial charge < -0.3 is 14.7 Å². The van der Waals surface area contributed by atoms with Crippen molar-refractivity contribution in [1.29, 1.82) is 0 Å². The van der Waals surface area contributed by atoms with Crippen LogP contribution in [0.15, 0.2) is 24.3 Å². The maximum atomic E-state index is 13.7. The van der Waals surface area contributed by atoms with Crippen molar-refractivity contribution in [1.82, 2.24) is 4.90 Å². The third-order valence-corrected chi connectivity index (χ3v) is 4.63. The number of nitrogens with zero attached hydrogens (tertiary/aromatic N) is 1. The molecule has 1 heterocycles. The predicted octanol–water partition coefficient (Wildman–Crippen LogP) is 2.49. The van der Waals surface area contributed by atoms with Gasteiger partial charge in [-0.25, -0.2) is 4.39 Å². The number of aliphatic carboxylic acids is 1. The molecule has 0 aromatic heterocycles. The van der Waals surface area contributed by atoms with Crippen molar-refractivity contribution in [3.05, 3.63) is 35.6 Å². The highest BCUT2D eigenvalue weighted by Crippen LogP contribution is 2.26. The monoisotopic (exact) mass is 337 g/mol. The van der Waals surface area contributed by atoms with Crippen molar-refractivity contribution in [2.45, 2.75) is 44.8 Å². The number of carbonyl (C=O) groups excluding carboxylic acids is 1. The summed E-state index contributed by atoms with van der Waals surface area (Å²) in [6.07, 6.45) is 1.33. The number of methoxy groups -OCH3 is 1. The molecule has 3 unspecified atom stereocenters. The predicted molar refractivity (Wildman–Crippen MR) is 87.1 cm³/mol. The Labute approximate surface area is 141 Å². The average Bonchev–Trinajstić information content (AvgIpc) is 2.95. The Morgan fingerprint density at radius 3 is 2.75 bits per heavy atom. The van der Waals surface area contributed by atoms with Crippen molar-refractivity contribution in [2.75, 3.05) is 13.7 Å². The molecule has 1 saturated heterocycles. The molecule has 1 N–H and O–H groups in total. The van der Waals surface area contributed by atoms with Crippen LogP contribution < -0.4 is 0 Å². The molecular formula is C18H24FNO4. The lowest BCUT2D eigenvalue weighted by Gasteiger charge is -2.26. The molecule has 1 aromatic carbocycles. The van der Waals surface area contributed by atoms with Crippen molar-refractivity contribution >= 4 is 11.9 Å². The maximum Gasteiger partial charge on any atom is 0.305 e. The second kappa shape index (κ2) is 8.24. The van der Waals surface area contributed by atoms with E-state index in [9.17, 15) is 14.0 Å². The van der Waals surface area contributed by atoms with Crippen LogP contribution in [0, 0.1) is 11.7 Å². The van der Waals surface area contributed by atoms with Gasteiger partial charge in [-0.2, -0.15) is 0 Å². The van der Waals surface area contributed by atoms with Crippen LogP contribution in [0.2, 0.25) is 0 Å². The molecule has 1 aliphatic heterocycles. The van der Waals surface area contributed by atoms with Crippen LogP contribution in [0.1, 0.15) is 31.7 Å². The number of hydrogen-bond acceptors (Lipinski definition) is 3. The molecule has 132 valence electrons. The SMILES string of the molecule is COC1CC(CC(=O)O)N(C(=O)C(C)CCc2ccccc2F)C1. The first-order valence-corrected chi connectivity index (χ1v) is 8.20. The third kappa shape index (κ3) is 4.54. The minimum atomic E-state index is -0.923. The number of carboxylic acids is 1. The van der Waals surface area contributed by atoms with Gasteiger partial charge in [0.25, 0.3) is 0 Å². The van der Waals surface area contributed by atoms with Crippen molar-refractivity contribution in [2.24, 2.45) is 5.92 Å². The molecule has 0 saturated carbocycles. The lowest BCUT2D eigenvalue weighted by atomic mass is 9.99. The van der Waals surface area contributed by atoms with Gasteiger partial charge in [0.05, 0.1) is 12.5 Å². The normalized spacial score (nSPS) is 21.7. The van der Waals surface area contributed by atoms with Crippen molar-refractivity contribution in [3.63, 3.8) is 0 Å². The van der Waals surface area contributed by atoms with E-state index in [1.54, 1.807) is 37.1 Å². The van der Waals surface area contributed by atoms with E-state index in [1.807, 2.05) is 0 Å². The highest BCUT2D eigenvalue weighted by atomic mass is 19.1. The number of halogens is 1. The lowest BCUT2D eigenvalue weighted by Crippen LogP contribution is -2.40. The number of carbonyl (C=O) groups is 2. The molecular weight excluding hydrogens is 313 g/mol. The van der Waals surface area contributed by atoms with Gasteiger partial charge in [0.1, 0.15) is 5.82 Å². The summed E-state index contributed by atoms with van der Waals surface area (Å²) in [4.78, 5) is 25.3. The Kier molecular flexibility index (Phi) is 6.31. The maximum absolute atomic E-state index is 13.7. The Morgan fingerprint density at radius 1 is 1.42 bits per heavy atom. The van der Waals surface area contributed by atoms with Crippen LogP contribution >= 0.6 is 0 Å². The lowest BCUT2D eigenvalue weighted by molar-refractivity contribution is -0.141. The van der Waals surface area contributed by atoms with Gasteiger partial charge in [-0.1, -0.05) is 25.1 Å². The summed E-state index contributed by atoms with van der Waals surface area (Å²) in [5.41, 5.74) is 0.593. The molecule has 0 aliphatic carbocycles. The standard InChI is InChI=1S/C18H24FNO4/c1-12(7-8-13-5-3-4-6-16(13)19)18(23)20-11-15(24-2)9-14(20)10-17(21)22/h3-6,12,14-15H,7-11H2,1-2H3,(H,21,22). The van der Waals surface area contributed by atoms with Gasteiger partial charge in [-0.3, -0.25) is 9.59 Å². The van der Waals surface area contributed by atoms with Crippen LogP contribution in [-0.4, -0.2) is 47.7 Å². The van der Waals surface area contributed by atoms with E-state index in [2.05, 4.69) is 0 Å². The summed E-state index contributed by atoms with van der Waals surface area (Å²) in [5, 5.41) is 9.03. The Bertz CT molecular complexity index is 592. The van der Waals surface area contributed by atoms with Gasteiger partial charge in [0.2, 0.25) is 5.91 Å². The second-order valence-electron chi connectivity index (χ2n) is 6.37. The summed E-state index contributed by atoms with van der Waals surface area (Å²) >= 11 is 0. The molecule has 0 radical (unpaired) electrons. The topological polar surface area (TPSA) is 66.8 Å². The van der Waals surface area contributed by atoms with Crippen LogP contribution in [0.5, 0.6) is 0 Å². The molecule has 6 heteroatoms. The Hall–Kier alpha value is -1.95. The summed E-state index contributed by atoms with van der Waals surface area (Å²) in [6, 6.07) is 6.21. The third-order valence-electron chi connectivity index (χ3n) is 4.63.